The van der Waals surface area contributed by atoms with E-state index < -0.39 is 11.4 Å². The van der Waals surface area contributed by atoms with Crippen LogP contribution in [0.25, 0.3) is 10.8 Å². The van der Waals surface area contributed by atoms with Crippen LogP contribution in [0.4, 0.5) is 5.69 Å². The maximum Gasteiger partial charge on any atom is 0.305 e. The highest BCUT2D eigenvalue weighted by Gasteiger charge is 2.44. The highest BCUT2D eigenvalue weighted by Crippen LogP contribution is 2.52. The van der Waals surface area contributed by atoms with E-state index in [9.17, 15) is 14.7 Å². The second kappa shape index (κ2) is 8.68. The number of pyridine rings is 1. The zero-order valence-electron chi connectivity index (χ0n) is 18.1. The van der Waals surface area contributed by atoms with Gasteiger partial charge in [-0.25, -0.2) is 0 Å². The molecule has 1 unspecified atom stereocenters. The molecule has 5 nitrogen and oxygen atoms in total. The minimum atomic E-state index is -0.885. The minimum absolute atomic E-state index is 0.0447. The molecule has 0 radical (unpaired) electrons. The number of allylic oxidation sites excluding steroid dienone is 2. The largest absolute Gasteiger partial charge is 0.481 e. The van der Waals surface area contributed by atoms with Gasteiger partial charge in [-0.15, -0.1) is 11.8 Å². The van der Waals surface area contributed by atoms with Gasteiger partial charge in [0, 0.05) is 42.0 Å². The summed E-state index contributed by atoms with van der Waals surface area (Å²) in [5, 5.41) is 11.5. The van der Waals surface area contributed by atoms with Crippen molar-refractivity contribution < 1.29 is 14.7 Å². The SMILES string of the molecule is CC#CCC1(C)/C(=C/C(=O)c2ccccn2)N(CCC(=O)O)c2ccc3ccccc3c21. The molecular formula is C27H24N2O3. The number of aliphatic carboxylic acids is 1. The second-order valence-corrected chi connectivity index (χ2v) is 8.02. The van der Waals surface area contributed by atoms with E-state index in [1.54, 1.807) is 37.4 Å². The van der Waals surface area contributed by atoms with Crippen molar-refractivity contribution in [3.05, 3.63) is 83.8 Å². The molecule has 1 aromatic heterocycles. The number of aromatic nitrogens is 1. The van der Waals surface area contributed by atoms with Crippen LogP contribution < -0.4 is 4.90 Å². The first-order valence-electron chi connectivity index (χ1n) is 10.5. The highest BCUT2D eigenvalue weighted by molar-refractivity contribution is 6.05. The van der Waals surface area contributed by atoms with Gasteiger partial charge in [-0.1, -0.05) is 36.4 Å². The first-order chi connectivity index (χ1) is 15.5. The fourth-order valence-corrected chi connectivity index (χ4v) is 4.46. The van der Waals surface area contributed by atoms with Gasteiger partial charge in [0.15, 0.2) is 0 Å². The van der Waals surface area contributed by atoms with Crippen LogP contribution in [0.1, 0.15) is 42.7 Å². The van der Waals surface area contributed by atoms with E-state index in [4.69, 9.17) is 0 Å². The zero-order chi connectivity index (χ0) is 22.7. The molecule has 1 aliphatic rings. The monoisotopic (exact) mass is 424 g/mol. The van der Waals surface area contributed by atoms with E-state index in [0.29, 0.717) is 12.1 Å². The standard InChI is InChI=1S/C27H24N2O3/c1-3-4-15-27(2)24(18-23(30)21-11-7-8-16-28-21)29(17-14-25(31)32)22-13-12-19-9-5-6-10-20(19)26(22)27/h5-13,16,18H,14-15,17H2,1-2H3,(H,31,32)/b24-18-. The lowest BCUT2D eigenvalue weighted by Crippen LogP contribution is -2.31. The smallest absolute Gasteiger partial charge is 0.305 e. The van der Waals surface area contributed by atoms with Crippen LogP contribution in [0.15, 0.2) is 72.6 Å². The minimum Gasteiger partial charge on any atom is -0.481 e. The van der Waals surface area contributed by atoms with Gasteiger partial charge in [-0.05, 0) is 48.4 Å². The van der Waals surface area contributed by atoms with Crippen LogP contribution >= 0.6 is 0 Å². The predicted molar refractivity (Wildman–Crippen MR) is 126 cm³/mol. The van der Waals surface area contributed by atoms with Crippen molar-refractivity contribution in [3.63, 3.8) is 0 Å². The first-order valence-corrected chi connectivity index (χ1v) is 10.5. The number of anilines is 1. The Balaban J connectivity index is 1.95. The lowest BCUT2D eigenvalue weighted by atomic mass is 9.76. The third-order valence-corrected chi connectivity index (χ3v) is 5.96. The topological polar surface area (TPSA) is 70.5 Å². The summed E-state index contributed by atoms with van der Waals surface area (Å²) < 4.78 is 0. The van der Waals surface area contributed by atoms with E-state index >= 15 is 0 Å². The first kappa shape index (κ1) is 21.3. The number of hydrogen-bond acceptors (Lipinski definition) is 4. The lowest BCUT2D eigenvalue weighted by Gasteiger charge is -2.29. The molecule has 0 bridgehead atoms. The Hall–Kier alpha value is -3.91. The molecule has 0 saturated heterocycles. The Labute approximate surface area is 187 Å². The molecule has 32 heavy (non-hydrogen) atoms. The fraction of sp³-hybridized carbons (Fsp3) is 0.222. The number of nitrogens with zero attached hydrogens (tertiary/aromatic N) is 2. The predicted octanol–water partition coefficient (Wildman–Crippen LogP) is 4.97. The van der Waals surface area contributed by atoms with Crippen LogP contribution in [0.2, 0.25) is 0 Å². The quantitative estimate of drug-likeness (QED) is 0.344. The summed E-state index contributed by atoms with van der Waals surface area (Å²) in [6, 6.07) is 17.4. The van der Waals surface area contributed by atoms with Gasteiger partial charge in [0.05, 0.1) is 6.42 Å². The van der Waals surface area contributed by atoms with Crippen LogP contribution in [0.5, 0.6) is 0 Å². The Kier molecular flexibility index (Phi) is 5.79. The number of carbonyl (C=O) groups excluding carboxylic acids is 1. The Morgan fingerprint density at radius 3 is 2.62 bits per heavy atom. The highest BCUT2D eigenvalue weighted by atomic mass is 16.4. The number of carbonyl (C=O) groups is 2. The average Bonchev–Trinajstić information content (AvgIpc) is 3.04. The molecule has 0 fully saturated rings. The van der Waals surface area contributed by atoms with Crippen LogP contribution in [-0.4, -0.2) is 28.4 Å². The van der Waals surface area contributed by atoms with Crippen molar-refractivity contribution in [1.29, 1.82) is 0 Å². The molecule has 1 aliphatic heterocycles. The van der Waals surface area contributed by atoms with Crippen molar-refractivity contribution in [3.8, 4) is 11.8 Å². The zero-order valence-corrected chi connectivity index (χ0v) is 18.1. The van der Waals surface area contributed by atoms with E-state index in [2.05, 4.69) is 35.9 Å². The summed E-state index contributed by atoms with van der Waals surface area (Å²) in [7, 11) is 0. The van der Waals surface area contributed by atoms with Gasteiger partial charge in [0.1, 0.15) is 5.69 Å². The van der Waals surface area contributed by atoms with Crippen molar-refractivity contribution in [2.45, 2.75) is 32.1 Å². The molecule has 0 spiro atoms. The maximum atomic E-state index is 13.1. The number of carboxylic acids is 1. The molecule has 0 amide bonds. The Morgan fingerprint density at radius 1 is 1.12 bits per heavy atom. The molecule has 1 atom stereocenters. The number of carboxylic acid groups (broad SMARTS) is 1. The number of ketones is 1. The van der Waals surface area contributed by atoms with Crippen LogP contribution in [-0.2, 0) is 10.2 Å². The van der Waals surface area contributed by atoms with Gasteiger partial charge >= 0.3 is 5.97 Å². The third kappa shape index (κ3) is 3.76. The van der Waals surface area contributed by atoms with Crippen molar-refractivity contribution >= 4 is 28.2 Å². The van der Waals surface area contributed by atoms with Crippen LogP contribution in [0.3, 0.4) is 0 Å². The van der Waals surface area contributed by atoms with E-state index in [1.165, 1.54) is 0 Å². The maximum absolute atomic E-state index is 13.1. The summed E-state index contributed by atoms with van der Waals surface area (Å²) in [5.74, 6) is 5.09. The number of fused-ring (bicyclic) bond motifs is 3. The van der Waals surface area contributed by atoms with Crippen molar-refractivity contribution in [1.82, 2.24) is 4.98 Å². The molecule has 160 valence electrons. The summed E-state index contributed by atoms with van der Waals surface area (Å²) >= 11 is 0. The van der Waals surface area contributed by atoms with Crippen LogP contribution in [0, 0.1) is 11.8 Å². The molecule has 3 aromatic rings. The summed E-state index contributed by atoms with van der Waals surface area (Å²) in [6.45, 7) is 4.14. The number of benzene rings is 2. The second-order valence-electron chi connectivity index (χ2n) is 8.02. The molecule has 1 N–H and O–H groups in total. The summed E-state index contributed by atoms with van der Waals surface area (Å²) in [5.41, 5.74) is 2.52. The van der Waals surface area contributed by atoms with Gasteiger partial charge in [0.2, 0.25) is 5.78 Å². The van der Waals surface area contributed by atoms with Gasteiger partial charge < -0.3 is 10.0 Å². The summed E-state index contributed by atoms with van der Waals surface area (Å²) in [6.07, 6.45) is 3.66. The third-order valence-electron chi connectivity index (χ3n) is 5.96. The van der Waals surface area contributed by atoms with E-state index in [1.807, 2.05) is 29.2 Å². The number of rotatable bonds is 6. The summed E-state index contributed by atoms with van der Waals surface area (Å²) in [4.78, 5) is 30.7. The van der Waals surface area contributed by atoms with Crippen molar-refractivity contribution in [2.24, 2.45) is 0 Å². The lowest BCUT2D eigenvalue weighted by molar-refractivity contribution is -0.136. The molecule has 4 rings (SSSR count). The molecular weight excluding hydrogens is 400 g/mol. The van der Waals surface area contributed by atoms with Gasteiger partial charge in [0.25, 0.3) is 0 Å². The fourth-order valence-electron chi connectivity index (χ4n) is 4.46. The molecule has 0 saturated carbocycles. The van der Waals surface area contributed by atoms with Crippen molar-refractivity contribution in [2.75, 3.05) is 11.4 Å². The van der Waals surface area contributed by atoms with Gasteiger partial charge in [-0.2, -0.15) is 0 Å². The van der Waals surface area contributed by atoms with Gasteiger partial charge in [-0.3, -0.25) is 14.6 Å². The van der Waals surface area contributed by atoms with E-state index in [-0.39, 0.29) is 18.7 Å². The molecule has 2 heterocycles. The normalized spacial score (nSPS) is 18.3. The molecule has 2 aromatic carbocycles. The average molecular weight is 425 g/mol. The molecule has 5 heteroatoms. The number of hydrogen-bond donors (Lipinski definition) is 1. The Morgan fingerprint density at radius 2 is 1.91 bits per heavy atom. The van der Waals surface area contributed by atoms with E-state index in [0.717, 1.165) is 27.7 Å². The Bertz CT molecular complexity index is 1280. The molecule has 0 aliphatic carbocycles.